The first-order valence-electron chi connectivity index (χ1n) is 5.93. The molecule has 1 aliphatic carbocycles. The summed E-state index contributed by atoms with van der Waals surface area (Å²) < 4.78 is 1.86. The third kappa shape index (κ3) is 1.39. The summed E-state index contributed by atoms with van der Waals surface area (Å²) in [6.07, 6.45) is 6.82. The van der Waals surface area contributed by atoms with Gasteiger partial charge in [-0.1, -0.05) is 12.8 Å². The zero-order valence-corrected chi connectivity index (χ0v) is 8.88. The van der Waals surface area contributed by atoms with E-state index in [1.165, 1.54) is 12.8 Å². The van der Waals surface area contributed by atoms with Gasteiger partial charge in [0.05, 0.1) is 11.6 Å². The van der Waals surface area contributed by atoms with Gasteiger partial charge in [-0.05, 0) is 25.7 Å². The van der Waals surface area contributed by atoms with Gasteiger partial charge in [-0.25, -0.2) is 4.68 Å². The van der Waals surface area contributed by atoms with E-state index in [1.807, 2.05) is 4.68 Å². The fourth-order valence-corrected chi connectivity index (χ4v) is 2.77. The molecule has 0 atom stereocenters. The standard InChI is InChI=1S/C11H17N3O/c15-11-9-6-3-7-12-10(9)13-14(11)8-4-1-2-5-8/h8,12-13H,1-7H2. The Morgan fingerprint density at radius 2 is 2.00 bits per heavy atom. The fraction of sp³-hybridized carbons (Fsp3) is 0.727. The van der Waals surface area contributed by atoms with Crippen molar-refractivity contribution in [1.29, 1.82) is 0 Å². The number of aromatic nitrogens is 2. The maximum Gasteiger partial charge on any atom is 0.272 e. The van der Waals surface area contributed by atoms with Gasteiger partial charge in [0.15, 0.2) is 0 Å². The number of nitrogens with zero attached hydrogens (tertiary/aromatic N) is 1. The summed E-state index contributed by atoms with van der Waals surface area (Å²) in [5.41, 5.74) is 1.18. The highest BCUT2D eigenvalue weighted by Crippen LogP contribution is 2.29. The van der Waals surface area contributed by atoms with Crippen LogP contribution < -0.4 is 10.9 Å². The van der Waals surface area contributed by atoms with Crippen LogP contribution >= 0.6 is 0 Å². The Labute approximate surface area is 88.7 Å². The topological polar surface area (TPSA) is 49.8 Å². The summed E-state index contributed by atoms with van der Waals surface area (Å²) in [7, 11) is 0. The smallest absolute Gasteiger partial charge is 0.272 e. The van der Waals surface area contributed by atoms with Crippen LogP contribution in [-0.4, -0.2) is 16.3 Å². The minimum atomic E-state index is 0.212. The van der Waals surface area contributed by atoms with Crippen LogP contribution in [-0.2, 0) is 6.42 Å². The lowest BCUT2D eigenvalue weighted by molar-refractivity contribution is 0.455. The Hall–Kier alpha value is -1.19. The van der Waals surface area contributed by atoms with E-state index in [9.17, 15) is 4.79 Å². The summed E-state index contributed by atoms with van der Waals surface area (Å²) >= 11 is 0. The van der Waals surface area contributed by atoms with Crippen LogP contribution in [0.2, 0.25) is 0 Å². The van der Waals surface area contributed by atoms with Gasteiger partial charge in [-0.2, -0.15) is 0 Å². The summed E-state index contributed by atoms with van der Waals surface area (Å²) in [6.45, 7) is 0.984. The predicted molar refractivity (Wildman–Crippen MR) is 59.4 cm³/mol. The van der Waals surface area contributed by atoms with E-state index in [1.54, 1.807) is 0 Å². The minimum Gasteiger partial charge on any atom is -0.370 e. The largest absolute Gasteiger partial charge is 0.370 e. The van der Waals surface area contributed by atoms with Crippen LogP contribution in [0.3, 0.4) is 0 Å². The van der Waals surface area contributed by atoms with Crippen molar-refractivity contribution in [2.75, 3.05) is 11.9 Å². The van der Waals surface area contributed by atoms with E-state index in [2.05, 4.69) is 10.4 Å². The summed E-state index contributed by atoms with van der Waals surface area (Å²) in [6, 6.07) is 0.421. The molecule has 3 rings (SSSR count). The van der Waals surface area contributed by atoms with E-state index >= 15 is 0 Å². The monoisotopic (exact) mass is 207 g/mol. The summed E-state index contributed by atoms with van der Waals surface area (Å²) in [5.74, 6) is 0.971. The molecule has 2 aliphatic rings. The molecule has 1 aromatic rings. The second-order valence-electron chi connectivity index (χ2n) is 4.61. The first-order valence-corrected chi connectivity index (χ1v) is 5.93. The van der Waals surface area contributed by atoms with Crippen molar-refractivity contribution < 1.29 is 0 Å². The highest BCUT2D eigenvalue weighted by molar-refractivity contribution is 5.45. The quantitative estimate of drug-likeness (QED) is 0.735. The second-order valence-corrected chi connectivity index (χ2v) is 4.61. The van der Waals surface area contributed by atoms with Crippen molar-refractivity contribution in [2.24, 2.45) is 0 Å². The number of aromatic amines is 1. The van der Waals surface area contributed by atoms with Gasteiger partial charge in [-0.15, -0.1) is 0 Å². The van der Waals surface area contributed by atoms with E-state index in [4.69, 9.17) is 0 Å². The van der Waals surface area contributed by atoms with E-state index in [0.717, 1.165) is 43.6 Å². The maximum absolute atomic E-state index is 12.1. The Bertz CT molecular complexity index is 412. The molecule has 0 saturated heterocycles. The van der Waals surface area contributed by atoms with Crippen molar-refractivity contribution in [1.82, 2.24) is 9.78 Å². The Morgan fingerprint density at radius 1 is 1.20 bits per heavy atom. The molecule has 0 amide bonds. The lowest BCUT2D eigenvalue weighted by Gasteiger charge is -2.11. The van der Waals surface area contributed by atoms with Gasteiger partial charge in [0.1, 0.15) is 5.82 Å². The maximum atomic E-state index is 12.1. The number of fused-ring (bicyclic) bond motifs is 1. The van der Waals surface area contributed by atoms with Crippen molar-refractivity contribution in [2.45, 2.75) is 44.6 Å². The van der Waals surface area contributed by atoms with Gasteiger partial charge >= 0.3 is 0 Å². The zero-order valence-electron chi connectivity index (χ0n) is 8.88. The Morgan fingerprint density at radius 3 is 2.73 bits per heavy atom. The van der Waals surface area contributed by atoms with Crippen molar-refractivity contribution in [3.63, 3.8) is 0 Å². The van der Waals surface area contributed by atoms with Crippen molar-refractivity contribution in [3.8, 4) is 0 Å². The van der Waals surface area contributed by atoms with Gasteiger partial charge in [0, 0.05) is 6.54 Å². The molecule has 2 N–H and O–H groups in total. The molecule has 1 aliphatic heterocycles. The van der Waals surface area contributed by atoms with Crippen LogP contribution in [0, 0.1) is 0 Å². The molecule has 0 radical (unpaired) electrons. The molecule has 4 nitrogen and oxygen atoms in total. The molecule has 0 spiro atoms. The van der Waals surface area contributed by atoms with Gasteiger partial charge < -0.3 is 5.32 Å². The first kappa shape index (κ1) is 9.07. The lowest BCUT2D eigenvalue weighted by Crippen LogP contribution is -2.23. The zero-order chi connectivity index (χ0) is 10.3. The molecule has 2 heterocycles. The highest BCUT2D eigenvalue weighted by Gasteiger charge is 2.23. The fourth-order valence-electron chi connectivity index (χ4n) is 2.77. The molecule has 4 heteroatoms. The van der Waals surface area contributed by atoms with Gasteiger partial charge in [0.2, 0.25) is 0 Å². The number of anilines is 1. The highest BCUT2D eigenvalue weighted by atomic mass is 16.1. The first-order chi connectivity index (χ1) is 7.36. The van der Waals surface area contributed by atoms with E-state index in [-0.39, 0.29) is 5.56 Å². The average Bonchev–Trinajstić information content (AvgIpc) is 2.87. The van der Waals surface area contributed by atoms with E-state index in [0.29, 0.717) is 6.04 Å². The number of H-pyrrole nitrogens is 1. The summed E-state index contributed by atoms with van der Waals surface area (Å²) in [5, 5.41) is 6.51. The number of nitrogens with one attached hydrogen (secondary N) is 2. The predicted octanol–water partition coefficient (Wildman–Crippen LogP) is 1.65. The van der Waals surface area contributed by atoms with Gasteiger partial charge in [0.25, 0.3) is 5.56 Å². The van der Waals surface area contributed by atoms with Crippen molar-refractivity contribution in [3.05, 3.63) is 15.9 Å². The van der Waals surface area contributed by atoms with Crippen LogP contribution in [0.5, 0.6) is 0 Å². The number of hydrogen-bond acceptors (Lipinski definition) is 2. The third-order valence-electron chi connectivity index (χ3n) is 3.61. The molecular weight excluding hydrogens is 190 g/mol. The van der Waals surface area contributed by atoms with Gasteiger partial charge in [-0.3, -0.25) is 9.89 Å². The molecular formula is C11H17N3O. The SMILES string of the molecule is O=c1c2c([nH]n1C1CCCC1)NCCC2. The Balaban J connectivity index is 2.01. The van der Waals surface area contributed by atoms with Crippen LogP contribution in [0.1, 0.15) is 43.7 Å². The molecule has 0 aromatic carbocycles. The van der Waals surface area contributed by atoms with E-state index < -0.39 is 0 Å². The summed E-state index contributed by atoms with van der Waals surface area (Å²) in [4.78, 5) is 12.1. The number of rotatable bonds is 1. The van der Waals surface area contributed by atoms with Crippen LogP contribution in [0.25, 0.3) is 0 Å². The van der Waals surface area contributed by atoms with Crippen LogP contribution in [0.15, 0.2) is 4.79 Å². The molecule has 0 unspecified atom stereocenters. The second kappa shape index (κ2) is 3.43. The normalized spacial score (nSPS) is 21.3. The number of hydrogen-bond donors (Lipinski definition) is 2. The molecule has 82 valence electrons. The van der Waals surface area contributed by atoms with Crippen LogP contribution in [0.4, 0.5) is 5.82 Å². The molecule has 1 saturated carbocycles. The lowest BCUT2D eigenvalue weighted by atomic mass is 10.1. The molecule has 0 bridgehead atoms. The Kier molecular flexibility index (Phi) is 2.08. The average molecular weight is 207 g/mol. The van der Waals surface area contributed by atoms with Crippen molar-refractivity contribution >= 4 is 5.82 Å². The molecule has 1 fully saturated rings. The molecule has 15 heavy (non-hydrogen) atoms. The minimum absolute atomic E-state index is 0.212. The third-order valence-corrected chi connectivity index (χ3v) is 3.61. The molecule has 1 aromatic heterocycles.